The molecule has 0 fully saturated rings. The molecule has 44 heavy (non-hydrogen) atoms. The number of benzene rings is 1. The lowest BCUT2D eigenvalue weighted by Crippen LogP contribution is -2.17. The molecule has 0 spiro atoms. The maximum absolute atomic E-state index is 13.1. The first-order chi connectivity index (χ1) is 21.4. The summed E-state index contributed by atoms with van der Waals surface area (Å²) in [5, 5.41) is 10.6. The number of aromatic carboxylic acids is 1. The van der Waals surface area contributed by atoms with Gasteiger partial charge in [-0.05, 0) is 73.6 Å². The fourth-order valence-electron chi connectivity index (χ4n) is 6.79. The minimum atomic E-state index is -4.05. The molecule has 0 atom stereocenters. The fourth-order valence-corrected chi connectivity index (χ4v) is 8.92. The third kappa shape index (κ3) is 16.5. The molecule has 5 heteroatoms. The first-order valence-corrected chi connectivity index (χ1v) is 21.8. The molecule has 0 heterocycles. The monoisotopic (exact) mass is 728 g/mol. The molecule has 4 nitrogen and oxygen atoms in total. The zero-order valence-electron chi connectivity index (χ0n) is 29.3. The van der Waals surface area contributed by atoms with Crippen LogP contribution < -0.4 is 0 Å². The zero-order chi connectivity index (χ0) is 32.4. The van der Waals surface area contributed by atoms with E-state index in [0.29, 0.717) is 12.8 Å². The van der Waals surface area contributed by atoms with Gasteiger partial charge < -0.3 is 5.11 Å². The molecule has 0 aromatic heterocycles. The smallest absolute Gasteiger partial charge is 0.342 e. The third-order valence-corrected chi connectivity index (χ3v) is 11.4. The van der Waals surface area contributed by atoms with Crippen molar-refractivity contribution in [3.05, 3.63) is 31.4 Å². The Bertz CT molecular complexity index is 958. The van der Waals surface area contributed by atoms with Gasteiger partial charge in [0.1, 0.15) is 0 Å². The average molecular weight is 729 g/mol. The van der Waals surface area contributed by atoms with E-state index in [0.717, 1.165) is 81.8 Å². The van der Waals surface area contributed by atoms with E-state index in [1.165, 1.54) is 107 Å². The Kier molecular flexibility index (Phi) is 25.3. The Morgan fingerprint density at radius 3 is 1.02 bits per heavy atom. The van der Waals surface area contributed by atoms with Gasteiger partial charge in [-0.2, -0.15) is 0 Å². The zero-order valence-corrected chi connectivity index (χ0v) is 31.5. The summed E-state index contributed by atoms with van der Waals surface area (Å²) < 4.78 is 26.4. The van der Waals surface area contributed by atoms with Crippen molar-refractivity contribution in [2.24, 2.45) is 0 Å². The standard InChI is InChI=1S/C39H69IO4/c1-5-9-13-17-21-25-29-33-34(30-26-22-18-14-10-6-2)36(32-28-24-20-16-12-8-4)38(40(43)44)37(39(41)42)35(33)31-27-23-19-15-11-7-3/h5-32H2,1-4H3,(H,41,42). The summed E-state index contributed by atoms with van der Waals surface area (Å²) in [6.07, 6.45) is 31.3. The van der Waals surface area contributed by atoms with Crippen molar-refractivity contribution in [1.29, 1.82) is 0 Å². The maximum atomic E-state index is 13.1. The van der Waals surface area contributed by atoms with Gasteiger partial charge in [-0.25, -0.2) is 10.9 Å². The van der Waals surface area contributed by atoms with E-state index in [-0.39, 0.29) is 9.13 Å². The SMILES string of the molecule is CCCCCCCCc1c(CCCCCCCC)c(CCCCCCCC)c(I(=O)=O)c(C(=O)O)c1CCCCCCCC. The number of carboxylic acids is 1. The summed E-state index contributed by atoms with van der Waals surface area (Å²) in [5.74, 6) is -1.03. The van der Waals surface area contributed by atoms with Gasteiger partial charge in [-0.3, -0.25) is 0 Å². The number of carbonyl (C=O) groups is 1. The molecule has 0 aliphatic heterocycles. The van der Waals surface area contributed by atoms with E-state index in [2.05, 4.69) is 27.7 Å². The Morgan fingerprint density at radius 2 is 0.705 bits per heavy atom. The number of carboxylic acid groups (broad SMARTS) is 1. The molecule has 0 unspecified atom stereocenters. The van der Waals surface area contributed by atoms with Crippen LogP contribution in [0.25, 0.3) is 0 Å². The molecule has 1 aromatic carbocycles. The predicted octanol–water partition coefficient (Wildman–Crippen LogP) is 13.4. The van der Waals surface area contributed by atoms with Crippen LogP contribution in [-0.2, 0) is 31.8 Å². The summed E-state index contributed by atoms with van der Waals surface area (Å²) >= 11 is -4.05. The van der Waals surface area contributed by atoms with Gasteiger partial charge in [-0.15, -0.1) is 0 Å². The minimum absolute atomic E-state index is 0.155. The molecule has 0 bridgehead atoms. The van der Waals surface area contributed by atoms with Crippen LogP contribution in [0.1, 0.15) is 214 Å². The molecule has 0 aliphatic carbocycles. The second-order valence-electron chi connectivity index (χ2n) is 13.2. The van der Waals surface area contributed by atoms with Gasteiger partial charge in [-0.1, -0.05) is 156 Å². The molecule has 0 aliphatic rings. The van der Waals surface area contributed by atoms with Gasteiger partial charge in [0.25, 0.3) is 0 Å². The summed E-state index contributed by atoms with van der Waals surface area (Å²) in [7, 11) is 0. The van der Waals surface area contributed by atoms with Crippen LogP contribution >= 0.6 is 19.8 Å². The maximum Gasteiger partial charge on any atom is 0.342 e. The van der Waals surface area contributed by atoms with Crippen LogP contribution in [0.2, 0.25) is 0 Å². The topological polar surface area (TPSA) is 71.4 Å². The molecule has 256 valence electrons. The van der Waals surface area contributed by atoms with Crippen LogP contribution in [0.3, 0.4) is 0 Å². The Balaban J connectivity index is 3.55. The van der Waals surface area contributed by atoms with Crippen molar-refractivity contribution < 1.29 is 16.0 Å². The third-order valence-electron chi connectivity index (χ3n) is 9.37. The van der Waals surface area contributed by atoms with E-state index in [9.17, 15) is 16.0 Å². The molecular weight excluding hydrogens is 659 g/mol. The Hall–Kier alpha value is -0.980. The van der Waals surface area contributed by atoms with Crippen LogP contribution in [-0.4, -0.2) is 11.1 Å². The van der Waals surface area contributed by atoms with Gasteiger partial charge in [0, 0.05) is 0 Å². The molecule has 0 radical (unpaired) electrons. The van der Waals surface area contributed by atoms with E-state index in [1.54, 1.807) is 0 Å². The quantitative estimate of drug-likeness (QED) is 0.0632. The summed E-state index contributed by atoms with van der Waals surface area (Å²) in [5.41, 5.74) is 4.38. The molecule has 0 amide bonds. The highest BCUT2D eigenvalue weighted by atomic mass is 127. The largest absolute Gasteiger partial charge is 0.478 e. The Morgan fingerprint density at radius 1 is 0.432 bits per heavy atom. The highest BCUT2D eigenvalue weighted by Gasteiger charge is 2.29. The molecule has 1 aromatic rings. The number of hydrogen-bond donors (Lipinski definition) is 1. The molecule has 0 saturated carbocycles. The molecular formula is C39H69IO4. The Labute approximate surface area is 279 Å². The van der Waals surface area contributed by atoms with Gasteiger partial charge in [0.15, 0.2) is 0 Å². The molecule has 1 rings (SSSR count). The van der Waals surface area contributed by atoms with E-state index in [4.69, 9.17) is 0 Å². The van der Waals surface area contributed by atoms with Crippen LogP contribution in [0.15, 0.2) is 0 Å². The van der Waals surface area contributed by atoms with Crippen molar-refractivity contribution in [1.82, 2.24) is 0 Å². The fraction of sp³-hybridized carbons (Fsp3) is 0.821. The predicted molar refractivity (Wildman–Crippen MR) is 196 cm³/mol. The van der Waals surface area contributed by atoms with E-state index >= 15 is 0 Å². The van der Waals surface area contributed by atoms with Crippen LogP contribution in [0, 0.1) is 3.57 Å². The van der Waals surface area contributed by atoms with Crippen molar-refractivity contribution in [2.75, 3.05) is 0 Å². The summed E-state index contributed by atoms with van der Waals surface area (Å²) in [6, 6.07) is 0. The van der Waals surface area contributed by atoms with Crippen molar-refractivity contribution in [2.45, 2.75) is 207 Å². The molecule has 1 N–H and O–H groups in total. The van der Waals surface area contributed by atoms with E-state index in [1.807, 2.05) is 0 Å². The highest BCUT2D eigenvalue weighted by molar-refractivity contribution is 14.2. The van der Waals surface area contributed by atoms with Crippen molar-refractivity contribution in [3.8, 4) is 0 Å². The van der Waals surface area contributed by atoms with Gasteiger partial charge in [0.05, 0.1) is 9.13 Å². The molecule has 0 saturated heterocycles. The van der Waals surface area contributed by atoms with Gasteiger partial charge in [0.2, 0.25) is 0 Å². The number of halogens is 1. The van der Waals surface area contributed by atoms with E-state index < -0.39 is 25.8 Å². The second-order valence-corrected chi connectivity index (χ2v) is 15.5. The second kappa shape index (κ2) is 27.2. The highest BCUT2D eigenvalue weighted by Crippen LogP contribution is 2.38. The summed E-state index contributed by atoms with van der Waals surface area (Å²) in [6.45, 7) is 8.93. The first-order valence-electron chi connectivity index (χ1n) is 18.9. The van der Waals surface area contributed by atoms with Gasteiger partial charge >= 0.3 is 25.8 Å². The summed E-state index contributed by atoms with van der Waals surface area (Å²) in [4.78, 5) is 12.9. The first kappa shape index (κ1) is 41.0. The lowest BCUT2D eigenvalue weighted by Gasteiger charge is -2.24. The lowest BCUT2D eigenvalue weighted by molar-refractivity contribution is 0.0694. The number of hydrogen-bond acceptors (Lipinski definition) is 3. The lowest BCUT2D eigenvalue weighted by atomic mass is 9.82. The van der Waals surface area contributed by atoms with Crippen LogP contribution in [0.4, 0.5) is 0 Å². The average Bonchev–Trinajstić information content (AvgIpc) is 3.00. The minimum Gasteiger partial charge on any atom is -0.478 e. The van der Waals surface area contributed by atoms with Crippen molar-refractivity contribution >= 4 is 25.8 Å². The van der Waals surface area contributed by atoms with Crippen molar-refractivity contribution in [3.63, 3.8) is 0 Å². The number of unbranched alkanes of at least 4 members (excludes halogenated alkanes) is 20. The normalized spacial score (nSPS) is 11.6. The number of rotatable bonds is 30. The van der Waals surface area contributed by atoms with Crippen LogP contribution in [0.5, 0.6) is 0 Å².